The van der Waals surface area contributed by atoms with E-state index in [0.717, 1.165) is 10.0 Å². The number of hydrazine groups is 1. The van der Waals surface area contributed by atoms with Crippen LogP contribution in [0.15, 0.2) is 54.6 Å². The van der Waals surface area contributed by atoms with Gasteiger partial charge in [0.2, 0.25) is 0 Å². The predicted octanol–water partition coefficient (Wildman–Crippen LogP) is 5.84. The zero-order valence-electron chi connectivity index (χ0n) is 18.3. The minimum absolute atomic E-state index is 0.000214. The molecule has 0 radical (unpaired) electrons. The van der Waals surface area contributed by atoms with E-state index in [-0.39, 0.29) is 33.5 Å². The maximum absolute atomic E-state index is 13.8. The molecule has 2 aromatic carbocycles. The standard InChI is InChI=1S/C25H20Cl4N2O4/c26-12-11-21(22(32)14-5-8-16(27)9-6-14)30(23(33)15-7-10-19(28)20(29)13-15)31-24(34)17-3-1-2-4-18(17)25(31)35/h1-2,5-10,13,17-18,21H,3-4,11-12H2/t17-,18-,21-/m0/s1. The quantitative estimate of drug-likeness (QED) is 0.187. The van der Waals surface area contributed by atoms with Crippen molar-refractivity contribution in [3.63, 3.8) is 0 Å². The van der Waals surface area contributed by atoms with Gasteiger partial charge < -0.3 is 0 Å². The fraction of sp³-hybridized carbons (Fsp3) is 0.280. The molecule has 1 saturated heterocycles. The van der Waals surface area contributed by atoms with Gasteiger partial charge >= 0.3 is 0 Å². The Kier molecular flexibility index (Phi) is 7.86. The number of fused-ring (bicyclic) bond motifs is 1. The maximum atomic E-state index is 13.8. The molecule has 0 unspecified atom stereocenters. The van der Waals surface area contributed by atoms with Crippen LogP contribution >= 0.6 is 46.4 Å². The van der Waals surface area contributed by atoms with Gasteiger partial charge in [0, 0.05) is 22.0 Å². The van der Waals surface area contributed by atoms with Gasteiger partial charge in [0.05, 0.1) is 21.9 Å². The topological polar surface area (TPSA) is 74.8 Å². The van der Waals surface area contributed by atoms with Crippen LogP contribution < -0.4 is 0 Å². The second kappa shape index (κ2) is 10.7. The second-order valence-electron chi connectivity index (χ2n) is 8.29. The van der Waals surface area contributed by atoms with Crippen LogP contribution in [0, 0.1) is 11.8 Å². The van der Waals surface area contributed by atoms with Gasteiger partial charge in [0.1, 0.15) is 6.04 Å². The number of rotatable bonds is 7. The van der Waals surface area contributed by atoms with Gasteiger partial charge in [-0.2, -0.15) is 5.01 Å². The Balaban J connectivity index is 1.82. The summed E-state index contributed by atoms with van der Waals surface area (Å²) in [5.74, 6) is -3.47. The van der Waals surface area contributed by atoms with Crippen LogP contribution in [-0.4, -0.2) is 45.4 Å². The van der Waals surface area contributed by atoms with Crippen molar-refractivity contribution >= 4 is 69.9 Å². The number of imide groups is 1. The van der Waals surface area contributed by atoms with Crippen LogP contribution in [0.4, 0.5) is 0 Å². The Morgan fingerprint density at radius 3 is 2.00 bits per heavy atom. The number of hydrogen-bond acceptors (Lipinski definition) is 4. The van der Waals surface area contributed by atoms with E-state index in [4.69, 9.17) is 46.4 Å². The highest BCUT2D eigenvalue weighted by molar-refractivity contribution is 6.42. The molecule has 1 aliphatic carbocycles. The first-order valence-corrected chi connectivity index (χ1v) is 12.6. The fourth-order valence-electron chi connectivity index (χ4n) is 4.40. The Morgan fingerprint density at radius 2 is 1.46 bits per heavy atom. The molecule has 1 fully saturated rings. The largest absolute Gasteiger partial charge is 0.292 e. The van der Waals surface area contributed by atoms with Crippen molar-refractivity contribution < 1.29 is 19.2 Å². The molecule has 35 heavy (non-hydrogen) atoms. The third-order valence-corrected chi connectivity index (χ3v) is 7.39. The van der Waals surface area contributed by atoms with E-state index in [1.165, 1.54) is 30.3 Å². The van der Waals surface area contributed by atoms with Crippen molar-refractivity contribution in [2.24, 2.45) is 11.8 Å². The fourth-order valence-corrected chi connectivity index (χ4v) is 5.03. The van der Waals surface area contributed by atoms with Crippen molar-refractivity contribution in [3.8, 4) is 0 Å². The van der Waals surface area contributed by atoms with Crippen molar-refractivity contribution in [1.29, 1.82) is 0 Å². The minimum atomic E-state index is -1.23. The molecule has 4 rings (SSSR count). The summed E-state index contributed by atoms with van der Waals surface area (Å²) in [6.07, 6.45) is 4.45. The first-order chi connectivity index (χ1) is 16.7. The normalized spacial score (nSPS) is 20.1. The summed E-state index contributed by atoms with van der Waals surface area (Å²) < 4.78 is 0. The average Bonchev–Trinajstić information content (AvgIpc) is 3.10. The molecule has 182 valence electrons. The molecule has 0 spiro atoms. The number of hydrogen-bond donors (Lipinski definition) is 0. The summed E-state index contributed by atoms with van der Waals surface area (Å²) in [6, 6.07) is 9.10. The van der Waals surface area contributed by atoms with Gasteiger partial charge in [0.25, 0.3) is 17.7 Å². The maximum Gasteiger partial charge on any atom is 0.273 e. The van der Waals surface area contributed by atoms with Crippen molar-refractivity contribution in [1.82, 2.24) is 10.0 Å². The molecule has 0 aromatic heterocycles. The number of Topliss-reactive ketones (excluding diaryl/α,β-unsaturated/α-hetero) is 1. The van der Waals surface area contributed by atoms with E-state index in [1.807, 2.05) is 12.2 Å². The lowest BCUT2D eigenvalue weighted by molar-refractivity contribution is -0.156. The molecule has 6 nitrogen and oxygen atoms in total. The summed E-state index contributed by atoms with van der Waals surface area (Å²) in [7, 11) is 0. The zero-order valence-corrected chi connectivity index (χ0v) is 21.3. The zero-order chi connectivity index (χ0) is 25.3. The van der Waals surface area contributed by atoms with E-state index in [9.17, 15) is 19.2 Å². The lowest BCUT2D eigenvalue weighted by Crippen LogP contribution is -2.57. The van der Waals surface area contributed by atoms with Crippen LogP contribution in [0.1, 0.15) is 40.0 Å². The lowest BCUT2D eigenvalue weighted by Gasteiger charge is -2.36. The Hall–Kier alpha value is -2.38. The molecule has 2 aliphatic rings. The highest BCUT2D eigenvalue weighted by Gasteiger charge is 2.53. The molecule has 3 atom stereocenters. The van der Waals surface area contributed by atoms with E-state index in [1.54, 1.807) is 12.1 Å². The molecular formula is C25H20Cl4N2O4. The van der Waals surface area contributed by atoms with Crippen molar-refractivity contribution in [3.05, 3.63) is 80.8 Å². The van der Waals surface area contributed by atoms with Gasteiger partial charge in [-0.05, 0) is 61.7 Å². The van der Waals surface area contributed by atoms with Gasteiger partial charge in [-0.25, -0.2) is 5.01 Å². The van der Waals surface area contributed by atoms with E-state index in [2.05, 4.69) is 0 Å². The third kappa shape index (κ3) is 4.98. The van der Waals surface area contributed by atoms with Gasteiger partial charge in [-0.3, -0.25) is 19.2 Å². The van der Waals surface area contributed by atoms with E-state index in [0.29, 0.717) is 17.9 Å². The van der Waals surface area contributed by atoms with Crippen LogP contribution in [-0.2, 0) is 9.59 Å². The SMILES string of the molecule is O=C(c1ccc(Cl)cc1)[C@H](CCCl)N(C(=O)c1ccc(Cl)c(Cl)c1)N1C(=O)[C@H]2CC=CC[C@@H]2C1=O. The molecule has 0 saturated carbocycles. The Labute approximate surface area is 222 Å². The number of benzene rings is 2. The first-order valence-electron chi connectivity index (χ1n) is 10.9. The monoisotopic (exact) mass is 552 g/mol. The smallest absolute Gasteiger partial charge is 0.273 e. The molecule has 1 aliphatic heterocycles. The summed E-state index contributed by atoms with van der Waals surface area (Å²) in [4.78, 5) is 54.3. The third-order valence-electron chi connectivity index (χ3n) is 6.18. The number of alkyl halides is 1. The number of ketones is 1. The Morgan fingerprint density at radius 1 is 0.886 bits per heavy atom. The molecule has 1 heterocycles. The molecular weight excluding hydrogens is 534 g/mol. The highest BCUT2D eigenvalue weighted by Crippen LogP contribution is 2.37. The van der Waals surface area contributed by atoms with Crippen LogP contribution in [0.3, 0.4) is 0 Å². The summed E-state index contributed by atoms with van der Waals surface area (Å²) in [6.45, 7) is 0. The summed E-state index contributed by atoms with van der Waals surface area (Å²) in [5.41, 5.74) is 0.325. The van der Waals surface area contributed by atoms with Gasteiger partial charge in [-0.15, -0.1) is 11.6 Å². The van der Waals surface area contributed by atoms with Gasteiger partial charge in [-0.1, -0.05) is 47.0 Å². The molecule has 3 amide bonds. The van der Waals surface area contributed by atoms with Crippen LogP contribution in [0.2, 0.25) is 15.1 Å². The number of nitrogens with zero attached hydrogens (tertiary/aromatic N) is 2. The molecule has 0 N–H and O–H groups in total. The minimum Gasteiger partial charge on any atom is -0.292 e. The highest BCUT2D eigenvalue weighted by atomic mass is 35.5. The van der Waals surface area contributed by atoms with E-state index < -0.39 is 41.4 Å². The molecule has 10 heteroatoms. The first kappa shape index (κ1) is 25.7. The summed E-state index contributed by atoms with van der Waals surface area (Å²) in [5, 5.41) is 2.56. The Bertz CT molecular complexity index is 1190. The molecule has 2 aromatic rings. The summed E-state index contributed by atoms with van der Waals surface area (Å²) >= 11 is 24.2. The van der Waals surface area contributed by atoms with Gasteiger partial charge in [0.15, 0.2) is 5.78 Å². The second-order valence-corrected chi connectivity index (χ2v) is 9.92. The number of halogens is 4. The predicted molar refractivity (Wildman–Crippen MR) is 135 cm³/mol. The van der Waals surface area contributed by atoms with Crippen LogP contribution in [0.5, 0.6) is 0 Å². The average molecular weight is 554 g/mol. The van der Waals surface area contributed by atoms with Crippen molar-refractivity contribution in [2.45, 2.75) is 25.3 Å². The number of carbonyl (C=O) groups excluding carboxylic acids is 4. The lowest BCUT2D eigenvalue weighted by atomic mass is 9.85. The van der Waals surface area contributed by atoms with Crippen molar-refractivity contribution in [2.75, 3.05) is 5.88 Å². The number of amides is 3. The number of allylic oxidation sites excluding steroid dienone is 2. The number of carbonyl (C=O) groups is 4. The molecule has 0 bridgehead atoms. The van der Waals surface area contributed by atoms with Crippen LogP contribution in [0.25, 0.3) is 0 Å². The van der Waals surface area contributed by atoms with E-state index >= 15 is 0 Å².